The van der Waals surface area contributed by atoms with Crippen LogP contribution in [0.15, 0.2) is 30.5 Å². The van der Waals surface area contributed by atoms with Crippen molar-refractivity contribution in [1.29, 1.82) is 0 Å². The van der Waals surface area contributed by atoms with Gasteiger partial charge in [0.25, 0.3) is 5.91 Å². The fourth-order valence-corrected chi connectivity index (χ4v) is 4.60. The van der Waals surface area contributed by atoms with Gasteiger partial charge in [-0.3, -0.25) is 4.79 Å². The lowest BCUT2D eigenvalue weighted by Gasteiger charge is -2.56. The quantitative estimate of drug-likeness (QED) is 0.933. The van der Waals surface area contributed by atoms with Gasteiger partial charge in [-0.1, -0.05) is 6.07 Å². The predicted octanol–water partition coefficient (Wildman–Crippen LogP) is 2.57. The molecule has 1 amide bonds. The number of carbonyl (C=O) groups is 1. The second kappa shape index (κ2) is 6.15. The number of aromatic nitrogens is 1. The van der Waals surface area contributed by atoms with E-state index >= 15 is 0 Å². The first-order chi connectivity index (χ1) is 12.1. The third kappa shape index (κ3) is 2.49. The maximum Gasteiger partial charge on any atom is 0.254 e. The van der Waals surface area contributed by atoms with Crippen molar-refractivity contribution in [1.82, 2.24) is 9.47 Å². The van der Waals surface area contributed by atoms with Gasteiger partial charge >= 0.3 is 0 Å². The SMILES string of the molecule is CCO[C@H]1C[C@@H](O)C12CCN(C(=O)c1cccc3c1ccn3C)CC2. The van der Waals surface area contributed by atoms with Crippen LogP contribution in [0.1, 0.15) is 36.5 Å². The van der Waals surface area contributed by atoms with Crippen molar-refractivity contribution in [3.8, 4) is 0 Å². The zero-order valence-electron chi connectivity index (χ0n) is 14.9. The van der Waals surface area contributed by atoms with Crippen LogP contribution in [0.2, 0.25) is 0 Å². The normalized spacial score (nSPS) is 25.3. The lowest BCUT2D eigenvalue weighted by molar-refractivity contribution is -0.207. The minimum absolute atomic E-state index is 0.0911. The molecule has 2 heterocycles. The number of ether oxygens (including phenoxy) is 1. The zero-order valence-corrected chi connectivity index (χ0v) is 14.9. The first-order valence-electron chi connectivity index (χ1n) is 9.20. The molecule has 0 radical (unpaired) electrons. The van der Waals surface area contributed by atoms with Gasteiger partial charge in [0.1, 0.15) is 0 Å². The van der Waals surface area contributed by atoms with Crippen molar-refractivity contribution in [3.63, 3.8) is 0 Å². The monoisotopic (exact) mass is 342 g/mol. The van der Waals surface area contributed by atoms with E-state index < -0.39 is 0 Å². The summed E-state index contributed by atoms with van der Waals surface area (Å²) >= 11 is 0. The fourth-order valence-electron chi connectivity index (χ4n) is 4.60. The van der Waals surface area contributed by atoms with Gasteiger partial charge in [0.05, 0.1) is 12.2 Å². The Morgan fingerprint density at radius 2 is 2.08 bits per heavy atom. The van der Waals surface area contributed by atoms with Gasteiger partial charge in [0.15, 0.2) is 0 Å². The molecule has 5 heteroatoms. The smallest absolute Gasteiger partial charge is 0.254 e. The molecular weight excluding hydrogens is 316 g/mol. The molecule has 1 N–H and O–H groups in total. The molecule has 2 fully saturated rings. The largest absolute Gasteiger partial charge is 0.392 e. The van der Waals surface area contributed by atoms with Gasteiger partial charge < -0.3 is 19.3 Å². The maximum absolute atomic E-state index is 13.1. The summed E-state index contributed by atoms with van der Waals surface area (Å²) < 4.78 is 7.85. The number of aliphatic hydroxyl groups excluding tert-OH is 1. The summed E-state index contributed by atoms with van der Waals surface area (Å²) in [4.78, 5) is 15.0. The summed E-state index contributed by atoms with van der Waals surface area (Å²) in [5.41, 5.74) is 1.70. The maximum atomic E-state index is 13.1. The van der Waals surface area contributed by atoms with E-state index in [-0.39, 0.29) is 23.5 Å². The predicted molar refractivity (Wildman–Crippen MR) is 96.5 cm³/mol. The van der Waals surface area contributed by atoms with E-state index in [0.29, 0.717) is 19.7 Å². The number of carbonyl (C=O) groups excluding carboxylic acids is 1. The molecule has 0 unspecified atom stereocenters. The van der Waals surface area contributed by atoms with Crippen molar-refractivity contribution in [2.45, 2.75) is 38.4 Å². The molecule has 1 aromatic heterocycles. The third-order valence-corrected chi connectivity index (χ3v) is 6.25. The second-order valence-corrected chi connectivity index (χ2v) is 7.39. The number of rotatable bonds is 3. The highest BCUT2D eigenvalue weighted by atomic mass is 16.5. The number of nitrogens with zero attached hydrogens (tertiary/aromatic N) is 2. The third-order valence-electron chi connectivity index (χ3n) is 6.25. The van der Waals surface area contributed by atoms with E-state index in [1.165, 1.54) is 0 Å². The van der Waals surface area contributed by atoms with Crippen LogP contribution in [0.4, 0.5) is 0 Å². The molecule has 1 aliphatic carbocycles. The first-order valence-corrected chi connectivity index (χ1v) is 9.20. The average molecular weight is 342 g/mol. The number of aryl methyl sites for hydroxylation is 1. The highest BCUT2D eigenvalue weighted by Crippen LogP contribution is 2.51. The standard InChI is InChI=1S/C20H26N2O3/c1-3-25-18-13-17(23)20(18)8-11-22(12-9-20)19(24)15-5-4-6-16-14(15)7-10-21(16)2/h4-7,10,17-18,23H,3,8-9,11-13H2,1-2H3/t17-,18+/m1/s1. The molecule has 1 saturated heterocycles. The highest BCUT2D eigenvalue weighted by Gasteiger charge is 2.56. The summed E-state index contributed by atoms with van der Waals surface area (Å²) in [5, 5.41) is 11.3. The summed E-state index contributed by atoms with van der Waals surface area (Å²) in [5.74, 6) is 0.0911. The number of amides is 1. The van der Waals surface area contributed by atoms with Crippen molar-refractivity contribution in [2.75, 3.05) is 19.7 Å². The van der Waals surface area contributed by atoms with E-state index in [1.807, 2.05) is 53.9 Å². The lowest BCUT2D eigenvalue weighted by Crippen LogP contribution is -2.62. The molecular formula is C20H26N2O3. The Morgan fingerprint density at radius 1 is 1.32 bits per heavy atom. The van der Waals surface area contributed by atoms with Gasteiger partial charge in [-0.25, -0.2) is 0 Å². The summed E-state index contributed by atoms with van der Waals surface area (Å²) in [6.07, 6.45) is 4.20. The zero-order chi connectivity index (χ0) is 17.6. The lowest BCUT2D eigenvalue weighted by atomic mass is 9.58. The van der Waals surface area contributed by atoms with E-state index in [2.05, 4.69) is 0 Å². The topological polar surface area (TPSA) is 54.7 Å². The Labute approximate surface area is 148 Å². The minimum atomic E-state index is -0.293. The molecule has 25 heavy (non-hydrogen) atoms. The van der Waals surface area contributed by atoms with Crippen molar-refractivity contribution >= 4 is 16.8 Å². The summed E-state index contributed by atoms with van der Waals surface area (Å²) in [6.45, 7) is 4.04. The highest BCUT2D eigenvalue weighted by molar-refractivity contribution is 6.06. The Kier molecular flexibility index (Phi) is 4.08. The van der Waals surface area contributed by atoms with Gasteiger partial charge in [0.2, 0.25) is 0 Å². The van der Waals surface area contributed by atoms with Crippen LogP contribution in [-0.2, 0) is 11.8 Å². The number of fused-ring (bicyclic) bond motifs is 1. The minimum Gasteiger partial charge on any atom is -0.392 e. The second-order valence-electron chi connectivity index (χ2n) is 7.39. The summed E-state index contributed by atoms with van der Waals surface area (Å²) in [7, 11) is 1.99. The van der Waals surface area contributed by atoms with E-state index in [4.69, 9.17) is 4.74 Å². The number of hydrogen-bond donors (Lipinski definition) is 1. The fraction of sp³-hybridized carbons (Fsp3) is 0.550. The molecule has 2 aliphatic rings. The number of hydrogen-bond acceptors (Lipinski definition) is 3. The molecule has 5 nitrogen and oxygen atoms in total. The van der Waals surface area contributed by atoms with Gasteiger partial charge in [-0.2, -0.15) is 0 Å². The average Bonchev–Trinajstić information content (AvgIpc) is 3.02. The Bertz CT molecular complexity index is 787. The van der Waals surface area contributed by atoms with Crippen LogP contribution in [0.25, 0.3) is 10.9 Å². The molecule has 1 aromatic carbocycles. The molecule has 2 aromatic rings. The van der Waals surface area contributed by atoms with E-state index in [9.17, 15) is 9.90 Å². The van der Waals surface area contributed by atoms with Crippen LogP contribution < -0.4 is 0 Å². The van der Waals surface area contributed by atoms with E-state index in [1.54, 1.807) is 0 Å². The van der Waals surface area contributed by atoms with Gasteiger partial charge in [-0.15, -0.1) is 0 Å². The molecule has 0 bridgehead atoms. The van der Waals surface area contributed by atoms with Crippen LogP contribution in [0.3, 0.4) is 0 Å². The number of aliphatic hydroxyl groups is 1. The number of likely N-dealkylation sites (tertiary alicyclic amines) is 1. The first kappa shape index (κ1) is 16.6. The molecule has 4 rings (SSSR count). The number of piperidine rings is 1. The van der Waals surface area contributed by atoms with Gasteiger partial charge in [-0.05, 0) is 38.0 Å². The van der Waals surface area contributed by atoms with Crippen molar-refractivity contribution < 1.29 is 14.6 Å². The summed E-state index contributed by atoms with van der Waals surface area (Å²) in [6, 6.07) is 7.90. The molecule has 1 saturated carbocycles. The Balaban J connectivity index is 1.51. The van der Waals surface area contributed by atoms with Crippen molar-refractivity contribution in [2.24, 2.45) is 12.5 Å². The van der Waals surface area contributed by atoms with Crippen LogP contribution in [-0.4, -0.2) is 52.4 Å². The molecule has 1 spiro atoms. The van der Waals surface area contributed by atoms with E-state index in [0.717, 1.165) is 35.7 Å². The molecule has 134 valence electrons. The molecule has 2 atom stereocenters. The Hall–Kier alpha value is -1.85. The Morgan fingerprint density at radius 3 is 2.76 bits per heavy atom. The number of benzene rings is 1. The van der Waals surface area contributed by atoms with Crippen LogP contribution in [0, 0.1) is 5.41 Å². The molecule has 1 aliphatic heterocycles. The van der Waals surface area contributed by atoms with Crippen molar-refractivity contribution in [3.05, 3.63) is 36.0 Å². The van der Waals surface area contributed by atoms with Crippen LogP contribution >= 0.6 is 0 Å². The van der Waals surface area contributed by atoms with Gasteiger partial charge in [0, 0.05) is 61.2 Å². The van der Waals surface area contributed by atoms with Crippen LogP contribution in [0.5, 0.6) is 0 Å².